The lowest BCUT2D eigenvalue weighted by atomic mass is 10.3. The molecule has 0 aliphatic heterocycles. The Balaban J connectivity index is 2.55. The Morgan fingerprint density at radius 2 is 2.33 bits per heavy atom. The highest BCUT2D eigenvalue weighted by Gasteiger charge is 1.91. The van der Waals surface area contributed by atoms with Gasteiger partial charge in [-0.3, -0.25) is 0 Å². The molecule has 0 aliphatic carbocycles. The molecule has 1 rings (SSSR count). The molecule has 1 nitrogen and oxygen atoms in total. The van der Waals surface area contributed by atoms with Crippen LogP contribution in [0.3, 0.4) is 0 Å². The number of benzene rings is 1. The van der Waals surface area contributed by atoms with Crippen LogP contribution in [0, 0.1) is 14.3 Å². The second-order valence-electron chi connectivity index (χ2n) is 2.02. The van der Waals surface area contributed by atoms with Crippen molar-refractivity contribution in [1.82, 2.24) is 0 Å². The largest absolute Gasteiger partial charge is 0.481 e. The highest BCUT2D eigenvalue weighted by atomic mass is 127. The van der Waals surface area contributed by atoms with Crippen LogP contribution in [0.4, 0.5) is 0 Å². The van der Waals surface area contributed by atoms with Gasteiger partial charge in [0.05, 0.1) is 0 Å². The smallest absolute Gasteiger partial charge is 0.149 e. The SMILES string of the molecule is BrC#CCOc1cccc(I)c1. The van der Waals surface area contributed by atoms with Gasteiger partial charge in [0.2, 0.25) is 0 Å². The van der Waals surface area contributed by atoms with E-state index in [-0.39, 0.29) is 0 Å². The number of halogens is 2. The van der Waals surface area contributed by atoms with Gasteiger partial charge in [-0.15, -0.1) is 0 Å². The molecule has 0 aromatic heterocycles. The average molecular weight is 337 g/mol. The molecule has 0 radical (unpaired) electrons. The van der Waals surface area contributed by atoms with Crippen molar-refractivity contribution in [3.05, 3.63) is 27.8 Å². The average Bonchev–Trinajstić information content (AvgIpc) is 2.05. The molecule has 0 aliphatic rings. The summed E-state index contributed by atoms with van der Waals surface area (Å²) in [7, 11) is 0. The topological polar surface area (TPSA) is 9.23 Å². The van der Waals surface area contributed by atoms with E-state index >= 15 is 0 Å². The van der Waals surface area contributed by atoms with Gasteiger partial charge in [-0.2, -0.15) is 0 Å². The van der Waals surface area contributed by atoms with Gasteiger partial charge in [0, 0.05) is 19.5 Å². The quantitative estimate of drug-likeness (QED) is 0.596. The van der Waals surface area contributed by atoms with E-state index < -0.39 is 0 Å². The first-order valence-corrected chi connectivity index (χ1v) is 5.17. The summed E-state index contributed by atoms with van der Waals surface area (Å²) < 4.78 is 6.48. The summed E-state index contributed by atoms with van der Waals surface area (Å²) in [6.07, 6.45) is 0. The van der Waals surface area contributed by atoms with Crippen molar-refractivity contribution in [3.63, 3.8) is 0 Å². The first-order chi connectivity index (χ1) is 5.83. The molecule has 0 bridgehead atoms. The van der Waals surface area contributed by atoms with Crippen LogP contribution in [-0.4, -0.2) is 6.61 Å². The summed E-state index contributed by atoms with van der Waals surface area (Å²) in [5.41, 5.74) is 0. The predicted octanol–water partition coefficient (Wildman–Crippen LogP) is 3.03. The van der Waals surface area contributed by atoms with E-state index in [0.717, 1.165) is 9.32 Å². The van der Waals surface area contributed by atoms with Crippen molar-refractivity contribution in [2.45, 2.75) is 0 Å². The fourth-order valence-corrected chi connectivity index (χ4v) is 1.33. The zero-order chi connectivity index (χ0) is 8.81. The zero-order valence-corrected chi connectivity index (χ0v) is 9.92. The molecule has 1 aromatic rings. The molecule has 62 valence electrons. The highest BCUT2D eigenvalue weighted by Crippen LogP contribution is 2.14. The van der Waals surface area contributed by atoms with E-state index in [9.17, 15) is 0 Å². The molecule has 0 saturated heterocycles. The van der Waals surface area contributed by atoms with E-state index in [4.69, 9.17) is 4.74 Å². The first-order valence-electron chi connectivity index (χ1n) is 3.30. The maximum Gasteiger partial charge on any atom is 0.149 e. The standard InChI is InChI=1S/C9H6BrIO/c10-5-2-6-12-9-4-1-3-8(11)7-9/h1,3-4,7H,6H2. The summed E-state index contributed by atoms with van der Waals surface area (Å²) in [6.45, 7) is 0.422. The third-order valence-electron chi connectivity index (χ3n) is 1.17. The fourth-order valence-electron chi connectivity index (χ4n) is 0.703. The van der Waals surface area contributed by atoms with Crippen LogP contribution >= 0.6 is 38.5 Å². The van der Waals surface area contributed by atoms with Crippen molar-refractivity contribution < 1.29 is 4.74 Å². The van der Waals surface area contributed by atoms with Crippen molar-refractivity contribution in [3.8, 4) is 16.5 Å². The fraction of sp³-hybridized carbons (Fsp3) is 0.111. The Hall–Kier alpha value is -0.210. The summed E-state index contributed by atoms with van der Waals surface area (Å²) in [5.74, 6) is 3.62. The van der Waals surface area contributed by atoms with Crippen LogP contribution in [0.15, 0.2) is 24.3 Å². The molecule has 0 amide bonds. The molecule has 0 heterocycles. The minimum absolute atomic E-state index is 0.422. The van der Waals surface area contributed by atoms with Gasteiger partial charge in [0.1, 0.15) is 12.4 Å². The number of ether oxygens (including phenoxy) is 1. The van der Waals surface area contributed by atoms with Gasteiger partial charge in [-0.05, 0) is 51.5 Å². The first kappa shape index (κ1) is 9.87. The Morgan fingerprint density at radius 3 is 3.00 bits per heavy atom. The van der Waals surface area contributed by atoms with Crippen LogP contribution in [0.2, 0.25) is 0 Å². The highest BCUT2D eigenvalue weighted by molar-refractivity contribution is 14.1. The molecule has 1 aromatic carbocycles. The minimum atomic E-state index is 0.422. The lowest BCUT2D eigenvalue weighted by Crippen LogP contribution is -1.93. The summed E-state index contributed by atoms with van der Waals surface area (Å²) in [5, 5.41) is 0. The molecule has 0 fully saturated rings. The van der Waals surface area contributed by atoms with E-state index in [1.54, 1.807) is 0 Å². The summed E-state index contributed by atoms with van der Waals surface area (Å²) in [4.78, 5) is 2.59. The van der Waals surface area contributed by atoms with Crippen LogP contribution in [0.25, 0.3) is 0 Å². The molecule has 12 heavy (non-hydrogen) atoms. The van der Waals surface area contributed by atoms with E-state index in [0.29, 0.717) is 6.61 Å². The lowest BCUT2D eigenvalue weighted by Gasteiger charge is -2.00. The minimum Gasteiger partial charge on any atom is -0.481 e. The number of hydrogen-bond acceptors (Lipinski definition) is 1. The molecule has 0 saturated carbocycles. The molecule has 0 unspecified atom stereocenters. The Morgan fingerprint density at radius 1 is 1.50 bits per heavy atom. The lowest BCUT2D eigenvalue weighted by molar-refractivity contribution is 0.370. The van der Waals surface area contributed by atoms with Crippen molar-refractivity contribution in [2.24, 2.45) is 0 Å². The molecule has 0 atom stereocenters. The van der Waals surface area contributed by atoms with Crippen molar-refractivity contribution in [1.29, 1.82) is 0 Å². The zero-order valence-electron chi connectivity index (χ0n) is 6.18. The molecule has 0 N–H and O–H groups in total. The van der Waals surface area contributed by atoms with Crippen molar-refractivity contribution >= 4 is 38.5 Å². The maximum atomic E-state index is 5.32. The maximum absolute atomic E-state index is 5.32. The van der Waals surface area contributed by atoms with Gasteiger partial charge in [0.15, 0.2) is 0 Å². The number of rotatable bonds is 2. The Bertz CT molecular complexity index is 314. The normalized spacial score (nSPS) is 8.50. The summed E-state index contributed by atoms with van der Waals surface area (Å²) >= 11 is 5.24. The number of hydrogen-bond donors (Lipinski definition) is 0. The third-order valence-corrected chi connectivity index (χ3v) is 2.13. The second kappa shape index (κ2) is 5.44. The van der Waals surface area contributed by atoms with E-state index in [1.165, 1.54) is 0 Å². The molecule has 0 spiro atoms. The van der Waals surface area contributed by atoms with E-state index in [1.807, 2.05) is 24.3 Å². The van der Waals surface area contributed by atoms with Crippen LogP contribution < -0.4 is 4.74 Å². The predicted molar refractivity (Wildman–Crippen MR) is 61.4 cm³/mol. The van der Waals surface area contributed by atoms with Gasteiger partial charge in [0.25, 0.3) is 0 Å². The Kier molecular flexibility index (Phi) is 4.48. The van der Waals surface area contributed by atoms with E-state index in [2.05, 4.69) is 49.3 Å². The van der Waals surface area contributed by atoms with Crippen molar-refractivity contribution in [2.75, 3.05) is 6.61 Å². The Labute approximate surface area is 93.8 Å². The van der Waals surface area contributed by atoms with Gasteiger partial charge < -0.3 is 4.74 Å². The summed E-state index contributed by atoms with van der Waals surface area (Å²) in [6, 6.07) is 7.86. The van der Waals surface area contributed by atoms with Crippen LogP contribution in [0.1, 0.15) is 0 Å². The molecular weight excluding hydrogens is 331 g/mol. The molecular formula is C9H6BrIO. The molecule has 3 heteroatoms. The van der Waals surface area contributed by atoms with Crippen LogP contribution in [0.5, 0.6) is 5.75 Å². The third kappa shape index (κ3) is 3.46. The monoisotopic (exact) mass is 336 g/mol. The van der Waals surface area contributed by atoms with Gasteiger partial charge in [-0.1, -0.05) is 6.07 Å². The van der Waals surface area contributed by atoms with Crippen LogP contribution in [-0.2, 0) is 0 Å². The van der Waals surface area contributed by atoms with Gasteiger partial charge >= 0.3 is 0 Å². The second-order valence-corrected chi connectivity index (χ2v) is 3.66. The van der Waals surface area contributed by atoms with Gasteiger partial charge in [-0.25, -0.2) is 0 Å².